The molecule has 0 spiro atoms. The van der Waals surface area contributed by atoms with Crippen molar-refractivity contribution in [3.05, 3.63) is 29.8 Å². The van der Waals surface area contributed by atoms with Crippen molar-refractivity contribution >= 4 is 20.3 Å². The average Bonchev–Trinajstić information content (AvgIpc) is 2.54. The molecule has 0 saturated carbocycles. The van der Waals surface area contributed by atoms with Gasteiger partial charge in [-0.05, 0) is 31.9 Å². The van der Waals surface area contributed by atoms with E-state index in [0.29, 0.717) is 19.4 Å². The van der Waals surface area contributed by atoms with Gasteiger partial charge in [0, 0.05) is 12.6 Å². The SMILES string of the molecule is CCNS(=O)(=O)N[C@@H]1CC[C@@H](COS(=O)(=O)c2ccc(C)cc2)OC1. The van der Waals surface area contributed by atoms with Crippen LogP contribution in [0.1, 0.15) is 25.3 Å². The van der Waals surface area contributed by atoms with Crippen LogP contribution in [0.25, 0.3) is 0 Å². The van der Waals surface area contributed by atoms with Gasteiger partial charge in [0.2, 0.25) is 0 Å². The molecule has 1 aromatic rings. The van der Waals surface area contributed by atoms with Crippen molar-refractivity contribution in [2.24, 2.45) is 0 Å². The predicted molar refractivity (Wildman–Crippen MR) is 92.8 cm³/mol. The average molecular weight is 392 g/mol. The third-order valence-corrected chi connectivity index (χ3v) is 6.35. The van der Waals surface area contributed by atoms with Crippen molar-refractivity contribution in [3.8, 4) is 0 Å². The molecule has 0 amide bonds. The first-order valence-corrected chi connectivity index (χ1v) is 11.0. The Hall–Kier alpha value is -1.04. The summed E-state index contributed by atoms with van der Waals surface area (Å²) in [5, 5.41) is 0. The molecular weight excluding hydrogens is 368 g/mol. The zero-order valence-corrected chi connectivity index (χ0v) is 15.9. The van der Waals surface area contributed by atoms with E-state index in [1.807, 2.05) is 6.92 Å². The van der Waals surface area contributed by atoms with Crippen LogP contribution in [0.3, 0.4) is 0 Å². The van der Waals surface area contributed by atoms with E-state index in [2.05, 4.69) is 9.44 Å². The first kappa shape index (κ1) is 20.3. The van der Waals surface area contributed by atoms with Gasteiger partial charge < -0.3 is 4.74 Å². The van der Waals surface area contributed by atoms with Gasteiger partial charge in [-0.1, -0.05) is 24.6 Å². The summed E-state index contributed by atoms with van der Waals surface area (Å²) < 4.78 is 63.0. The zero-order valence-electron chi connectivity index (χ0n) is 14.3. The van der Waals surface area contributed by atoms with Gasteiger partial charge in [0.15, 0.2) is 0 Å². The number of hydrogen-bond donors (Lipinski definition) is 2. The van der Waals surface area contributed by atoms with Crippen LogP contribution in [0.2, 0.25) is 0 Å². The summed E-state index contributed by atoms with van der Waals surface area (Å²) in [6.45, 7) is 3.94. The molecule has 1 aliphatic rings. The first-order valence-electron chi connectivity index (χ1n) is 8.06. The normalized spacial score (nSPS) is 22.0. The maximum atomic E-state index is 12.1. The van der Waals surface area contributed by atoms with Gasteiger partial charge in [-0.3, -0.25) is 4.18 Å². The van der Waals surface area contributed by atoms with Crippen molar-refractivity contribution in [1.82, 2.24) is 9.44 Å². The molecule has 1 saturated heterocycles. The minimum absolute atomic E-state index is 0.0944. The van der Waals surface area contributed by atoms with Gasteiger partial charge in [0.05, 0.1) is 24.2 Å². The van der Waals surface area contributed by atoms with Crippen molar-refractivity contribution in [1.29, 1.82) is 0 Å². The molecule has 0 unspecified atom stereocenters. The second-order valence-electron chi connectivity index (χ2n) is 5.90. The summed E-state index contributed by atoms with van der Waals surface area (Å²) in [5.41, 5.74) is 0.959. The van der Waals surface area contributed by atoms with Crippen molar-refractivity contribution in [2.75, 3.05) is 19.8 Å². The molecule has 0 aromatic heterocycles. The van der Waals surface area contributed by atoms with E-state index in [-0.39, 0.29) is 30.3 Å². The molecule has 1 heterocycles. The molecule has 1 fully saturated rings. The summed E-state index contributed by atoms with van der Waals surface area (Å²) >= 11 is 0. The molecule has 8 nitrogen and oxygen atoms in total. The molecule has 25 heavy (non-hydrogen) atoms. The maximum absolute atomic E-state index is 12.1. The van der Waals surface area contributed by atoms with E-state index in [9.17, 15) is 16.8 Å². The van der Waals surface area contributed by atoms with Crippen molar-refractivity contribution in [3.63, 3.8) is 0 Å². The molecule has 1 aromatic carbocycles. The fourth-order valence-corrected chi connectivity index (χ4v) is 4.44. The largest absolute Gasteiger partial charge is 0.374 e. The summed E-state index contributed by atoms with van der Waals surface area (Å²) in [4.78, 5) is 0.102. The Balaban J connectivity index is 1.81. The Bertz CT molecular complexity index is 754. The zero-order chi connectivity index (χ0) is 18.5. The molecule has 10 heteroatoms. The lowest BCUT2D eigenvalue weighted by molar-refractivity contribution is -0.0212. The highest BCUT2D eigenvalue weighted by Crippen LogP contribution is 2.18. The topological polar surface area (TPSA) is 111 Å². The summed E-state index contributed by atoms with van der Waals surface area (Å²) in [6.07, 6.45) is 0.659. The van der Waals surface area contributed by atoms with Crippen LogP contribution in [0.4, 0.5) is 0 Å². The molecule has 0 bridgehead atoms. The molecule has 0 radical (unpaired) electrons. The predicted octanol–water partition coefficient (Wildman–Crippen LogP) is 0.692. The van der Waals surface area contributed by atoms with Crippen LogP contribution < -0.4 is 9.44 Å². The molecular formula is C15H24N2O6S2. The molecule has 0 aliphatic carbocycles. The van der Waals surface area contributed by atoms with E-state index in [0.717, 1.165) is 5.56 Å². The van der Waals surface area contributed by atoms with E-state index in [4.69, 9.17) is 8.92 Å². The lowest BCUT2D eigenvalue weighted by Crippen LogP contribution is -2.47. The third-order valence-electron chi connectivity index (χ3n) is 3.75. The van der Waals surface area contributed by atoms with Crippen LogP contribution >= 0.6 is 0 Å². The number of ether oxygens (including phenoxy) is 1. The van der Waals surface area contributed by atoms with Crippen LogP contribution in [-0.4, -0.2) is 48.7 Å². The van der Waals surface area contributed by atoms with E-state index in [1.54, 1.807) is 19.1 Å². The van der Waals surface area contributed by atoms with Gasteiger partial charge in [-0.2, -0.15) is 21.6 Å². The van der Waals surface area contributed by atoms with Gasteiger partial charge in [0.25, 0.3) is 20.3 Å². The standard InChI is InChI=1S/C15H24N2O6S2/c1-3-16-25(20,21)17-13-6-7-14(22-10-13)11-23-24(18,19)15-8-4-12(2)5-9-15/h4-5,8-9,13-14,16-17H,3,6-7,10-11H2,1-2H3/t13-,14+/m1/s1. The van der Waals surface area contributed by atoms with Crippen molar-refractivity contribution < 1.29 is 25.8 Å². The van der Waals surface area contributed by atoms with E-state index < -0.39 is 20.3 Å². The fraction of sp³-hybridized carbons (Fsp3) is 0.600. The molecule has 2 rings (SSSR count). The Morgan fingerprint density at radius 1 is 1.16 bits per heavy atom. The Labute approximate surface area is 149 Å². The highest BCUT2D eigenvalue weighted by Gasteiger charge is 2.27. The minimum Gasteiger partial charge on any atom is -0.374 e. The smallest absolute Gasteiger partial charge is 0.297 e. The lowest BCUT2D eigenvalue weighted by atomic mass is 10.1. The van der Waals surface area contributed by atoms with Crippen LogP contribution in [0.15, 0.2) is 29.2 Å². The number of rotatable bonds is 8. The monoisotopic (exact) mass is 392 g/mol. The fourth-order valence-electron chi connectivity index (χ4n) is 2.42. The van der Waals surface area contributed by atoms with Gasteiger partial charge >= 0.3 is 0 Å². The number of aryl methyl sites for hydroxylation is 1. The molecule has 2 N–H and O–H groups in total. The van der Waals surface area contributed by atoms with Crippen LogP contribution in [0, 0.1) is 6.92 Å². The number of nitrogens with one attached hydrogen (secondary N) is 2. The second kappa shape index (κ2) is 8.56. The summed E-state index contributed by atoms with van der Waals surface area (Å²) in [7, 11) is -7.36. The van der Waals surface area contributed by atoms with Crippen molar-refractivity contribution in [2.45, 2.75) is 43.7 Å². The van der Waals surface area contributed by atoms with Gasteiger partial charge in [-0.15, -0.1) is 0 Å². The van der Waals surface area contributed by atoms with E-state index in [1.165, 1.54) is 12.1 Å². The quantitative estimate of drug-likeness (QED) is 0.630. The molecule has 1 aliphatic heterocycles. The lowest BCUT2D eigenvalue weighted by Gasteiger charge is -2.29. The van der Waals surface area contributed by atoms with Crippen LogP contribution in [0.5, 0.6) is 0 Å². The Morgan fingerprint density at radius 3 is 2.40 bits per heavy atom. The number of hydrogen-bond acceptors (Lipinski definition) is 6. The summed E-state index contributed by atoms with van der Waals surface area (Å²) in [6, 6.07) is 6.06. The number of benzene rings is 1. The minimum atomic E-state index is -3.83. The highest BCUT2D eigenvalue weighted by atomic mass is 32.2. The summed E-state index contributed by atoms with van der Waals surface area (Å²) in [5.74, 6) is 0. The van der Waals surface area contributed by atoms with Crippen LogP contribution in [-0.2, 0) is 29.2 Å². The Morgan fingerprint density at radius 2 is 1.84 bits per heavy atom. The van der Waals surface area contributed by atoms with Gasteiger partial charge in [-0.25, -0.2) is 4.72 Å². The third kappa shape index (κ3) is 6.32. The Kier molecular flexibility index (Phi) is 6.94. The highest BCUT2D eigenvalue weighted by molar-refractivity contribution is 7.87. The first-order chi connectivity index (χ1) is 11.7. The van der Waals surface area contributed by atoms with Gasteiger partial charge in [0.1, 0.15) is 0 Å². The molecule has 2 atom stereocenters. The maximum Gasteiger partial charge on any atom is 0.297 e. The molecule has 142 valence electrons. The second-order valence-corrected chi connectivity index (χ2v) is 9.05. The van der Waals surface area contributed by atoms with E-state index >= 15 is 0 Å².